The summed E-state index contributed by atoms with van der Waals surface area (Å²) in [5, 5.41) is 0. The van der Waals surface area contributed by atoms with Crippen LogP contribution in [0.25, 0.3) is 0 Å². The molecule has 3 nitrogen and oxygen atoms in total. The van der Waals surface area contributed by atoms with Crippen LogP contribution in [0.3, 0.4) is 0 Å². The van der Waals surface area contributed by atoms with Crippen LogP contribution < -0.4 is 5.73 Å². The van der Waals surface area contributed by atoms with Crippen LogP contribution in [0.1, 0.15) is 31.4 Å². The van der Waals surface area contributed by atoms with E-state index in [0.717, 1.165) is 10.0 Å². The van der Waals surface area contributed by atoms with Gasteiger partial charge in [-0.15, -0.1) is 0 Å². The molecule has 0 bridgehead atoms. The van der Waals surface area contributed by atoms with Crippen molar-refractivity contribution in [3.63, 3.8) is 0 Å². The number of halogens is 1. The van der Waals surface area contributed by atoms with Gasteiger partial charge < -0.3 is 10.6 Å². The summed E-state index contributed by atoms with van der Waals surface area (Å²) >= 11 is 3.46. The van der Waals surface area contributed by atoms with Crippen molar-refractivity contribution in [2.75, 3.05) is 13.6 Å². The number of nitrogens with two attached hydrogens (primary N) is 1. The van der Waals surface area contributed by atoms with Crippen molar-refractivity contribution in [2.45, 2.75) is 33.7 Å². The molecule has 0 heterocycles. The average molecular weight is 327 g/mol. The molecule has 0 fully saturated rings. The number of rotatable bonds is 5. The van der Waals surface area contributed by atoms with Crippen LogP contribution in [-0.4, -0.2) is 24.4 Å². The van der Waals surface area contributed by atoms with Crippen LogP contribution in [0.2, 0.25) is 0 Å². The number of benzene rings is 1. The smallest absolute Gasteiger partial charge is 0.223 e. The highest BCUT2D eigenvalue weighted by atomic mass is 79.9. The largest absolute Gasteiger partial charge is 0.341 e. The summed E-state index contributed by atoms with van der Waals surface area (Å²) in [4.78, 5) is 13.9. The zero-order valence-electron chi connectivity index (χ0n) is 12.2. The first-order valence-electron chi connectivity index (χ1n) is 6.44. The quantitative estimate of drug-likeness (QED) is 0.903. The number of carbonyl (C=O) groups excluding carboxylic acids is 1. The molecule has 19 heavy (non-hydrogen) atoms. The Morgan fingerprint density at radius 2 is 2.05 bits per heavy atom. The average Bonchev–Trinajstić information content (AvgIpc) is 2.33. The molecule has 1 rings (SSSR count). The Bertz CT molecular complexity index is 457. The fourth-order valence-corrected chi connectivity index (χ4v) is 2.18. The van der Waals surface area contributed by atoms with Gasteiger partial charge in [-0.2, -0.15) is 0 Å². The number of nitrogens with zero attached hydrogens (tertiary/aromatic N) is 1. The van der Waals surface area contributed by atoms with Gasteiger partial charge in [0, 0.05) is 24.5 Å². The van der Waals surface area contributed by atoms with Gasteiger partial charge in [-0.25, -0.2) is 0 Å². The van der Waals surface area contributed by atoms with E-state index in [0.29, 0.717) is 19.5 Å². The molecule has 0 atom stereocenters. The summed E-state index contributed by atoms with van der Waals surface area (Å²) < 4.78 is 1.04. The molecule has 1 aromatic rings. The molecule has 0 saturated heterocycles. The second-order valence-electron chi connectivity index (χ2n) is 5.87. The van der Waals surface area contributed by atoms with Crippen LogP contribution in [0, 0.1) is 12.3 Å². The number of hydrogen-bond acceptors (Lipinski definition) is 2. The predicted octanol–water partition coefficient (Wildman–Crippen LogP) is 3.09. The number of aryl methyl sites for hydroxylation is 1. The van der Waals surface area contributed by atoms with Gasteiger partial charge in [0.05, 0.1) is 0 Å². The normalized spacial score (nSPS) is 11.5. The number of amides is 1. The molecular weight excluding hydrogens is 304 g/mol. The molecule has 0 aliphatic rings. The molecule has 106 valence electrons. The van der Waals surface area contributed by atoms with Gasteiger partial charge >= 0.3 is 0 Å². The molecule has 0 aliphatic heterocycles. The lowest BCUT2D eigenvalue weighted by molar-refractivity contribution is -0.132. The second kappa shape index (κ2) is 6.53. The van der Waals surface area contributed by atoms with E-state index in [-0.39, 0.29) is 11.3 Å². The highest BCUT2D eigenvalue weighted by Crippen LogP contribution is 2.21. The van der Waals surface area contributed by atoms with Crippen LogP contribution in [0.4, 0.5) is 0 Å². The topological polar surface area (TPSA) is 46.3 Å². The van der Waals surface area contributed by atoms with Crippen LogP contribution in [0.15, 0.2) is 22.7 Å². The van der Waals surface area contributed by atoms with E-state index in [4.69, 9.17) is 5.73 Å². The Labute approximate surface area is 124 Å². The summed E-state index contributed by atoms with van der Waals surface area (Å²) in [7, 11) is 1.84. The van der Waals surface area contributed by atoms with Crippen LogP contribution >= 0.6 is 15.9 Å². The summed E-state index contributed by atoms with van der Waals surface area (Å²) in [6.07, 6.45) is 0.479. The Morgan fingerprint density at radius 3 is 2.63 bits per heavy atom. The van der Waals surface area contributed by atoms with Crippen LogP contribution in [-0.2, 0) is 11.3 Å². The highest BCUT2D eigenvalue weighted by Gasteiger charge is 2.22. The van der Waals surface area contributed by atoms with Gasteiger partial charge in [-0.3, -0.25) is 4.79 Å². The van der Waals surface area contributed by atoms with Crippen molar-refractivity contribution in [2.24, 2.45) is 11.1 Å². The van der Waals surface area contributed by atoms with Crippen molar-refractivity contribution < 1.29 is 4.79 Å². The van der Waals surface area contributed by atoms with Gasteiger partial charge in [-0.1, -0.05) is 35.8 Å². The van der Waals surface area contributed by atoms with E-state index >= 15 is 0 Å². The lowest BCUT2D eigenvalue weighted by Gasteiger charge is -2.26. The molecule has 0 radical (unpaired) electrons. The van der Waals surface area contributed by atoms with Crippen molar-refractivity contribution in [1.82, 2.24) is 4.90 Å². The van der Waals surface area contributed by atoms with E-state index in [1.54, 1.807) is 4.90 Å². The Kier molecular flexibility index (Phi) is 5.56. The van der Waals surface area contributed by atoms with Gasteiger partial charge in [0.2, 0.25) is 5.91 Å². The molecule has 0 unspecified atom stereocenters. The first-order chi connectivity index (χ1) is 8.75. The SMILES string of the molecule is Cc1ccc(Br)cc1CN(C)C(=O)CC(C)(C)CN. The third kappa shape index (κ3) is 4.96. The standard InChI is InChI=1S/C15H23BrN2O/c1-11-5-6-13(16)7-12(11)9-18(4)14(19)8-15(2,3)10-17/h5-7H,8-10,17H2,1-4H3. The second-order valence-corrected chi connectivity index (χ2v) is 6.78. The number of hydrogen-bond donors (Lipinski definition) is 1. The number of carbonyl (C=O) groups is 1. The molecule has 0 spiro atoms. The predicted molar refractivity (Wildman–Crippen MR) is 82.8 cm³/mol. The minimum Gasteiger partial charge on any atom is -0.341 e. The van der Waals surface area contributed by atoms with Crippen molar-refractivity contribution >= 4 is 21.8 Å². The lowest BCUT2D eigenvalue weighted by Crippen LogP contribution is -2.34. The molecule has 0 saturated carbocycles. The summed E-state index contributed by atoms with van der Waals surface area (Å²) in [5.41, 5.74) is 7.89. The van der Waals surface area contributed by atoms with Gasteiger partial charge in [0.25, 0.3) is 0 Å². The lowest BCUT2D eigenvalue weighted by atomic mass is 9.89. The maximum absolute atomic E-state index is 12.2. The third-order valence-electron chi connectivity index (χ3n) is 3.33. The molecule has 1 aromatic carbocycles. The molecule has 0 aromatic heterocycles. The van der Waals surface area contributed by atoms with E-state index in [1.807, 2.05) is 27.0 Å². The summed E-state index contributed by atoms with van der Waals surface area (Å²) in [6.45, 7) is 7.24. The Hall–Kier alpha value is -0.870. The first-order valence-corrected chi connectivity index (χ1v) is 7.23. The maximum Gasteiger partial charge on any atom is 0.223 e. The van der Waals surface area contributed by atoms with Gasteiger partial charge in [0.1, 0.15) is 0 Å². The summed E-state index contributed by atoms with van der Waals surface area (Å²) in [5.74, 6) is 0.134. The Balaban J connectivity index is 2.71. The fourth-order valence-electron chi connectivity index (χ4n) is 1.77. The highest BCUT2D eigenvalue weighted by molar-refractivity contribution is 9.10. The first kappa shape index (κ1) is 16.2. The van der Waals surface area contributed by atoms with E-state index < -0.39 is 0 Å². The molecule has 1 amide bonds. The van der Waals surface area contributed by atoms with E-state index in [1.165, 1.54) is 5.56 Å². The van der Waals surface area contributed by atoms with Gasteiger partial charge in [-0.05, 0) is 42.1 Å². The zero-order chi connectivity index (χ0) is 14.6. The monoisotopic (exact) mass is 326 g/mol. The van der Waals surface area contributed by atoms with Gasteiger partial charge in [0.15, 0.2) is 0 Å². The van der Waals surface area contributed by atoms with Crippen molar-refractivity contribution in [1.29, 1.82) is 0 Å². The van der Waals surface area contributed by atoms with E-state index in [2.05, 4.69) is 35.0 Å². The van der Waals surface area contributed by atoms with Crippen LogP contribution in [0.5, 0.6) is 0 Å². The molecule has 2 N–H and O–H groups in total. The van der Waals surface area contributed by atoms with Crippen molar-refractivity contribution in [3.8, 4) is 0 Å². The molecule has 4 heteroatoms. The zero-order valence-corrected chi connectivity index (χ0v) is 13.8. The molecule has 0 aliphatic carbocycles. The van der Waals surface area contributed by atoms with Crippen molar-refractivity contribution in [3.05, 3.63) is 33.8 Å². The third-order valence-corrected chi connectivity index (χ3v) is 3.82. The van der Waals surface area contributed by atoms with E-state index in [9.17, 15) is 4.79 Å². The fraction of sp³-hybridized carbons (Fsp3) is 0.533. The maximum atomic E-state index is 12.2. The minimum atomic E-state index is -0.141. The molecular formula is C15H23BrN2O. The minimum absolute atomic E-state index is 0.134. The Morgan fingerprint density at radius 1 is 1.42 bits per heavy atom. The summed E-state index contributed by atoms with van der Waals surface area (Å²) in [6, 6.07) is 6.13.